The topological polar surface area (TPSA) is 42.7 Å². The van der Waals surface area contributed by atoms with Crippen LogP contribution in [0.5, 0.6) is 0 Å². The van der Waals surface area contributed by atoms with Crippen LogP contribution in [0.3, 0.4) is 0 Å². The van der Waals surface area contributed by atoms with Gasteiger partial charge in [-0.05, 0) is 62.0 Å². The number of piperidine rings is 1. The maximum absolute atomic E-state index is 5.57. The number of anilines is 1. The summed E-state index contributed by atoms with van der Waals surface area (Å²) in [6.45, 7) is 6.96. The second-order valence-electron chi connectivity index (χ2n) is 10.0. The lowest BCUT2D eigenvalue weighted by molar-refractivity contribution is -0.922. The number of quaternary nitrogens is 1. The number of hydrogen-bond acceptors (Lipinski definition) is 5. The van der Waals surface area contributed by atoms with Crippen molar-refractivity contribution in [1.82, 2.24) is 9.97 Å². The second kappa shape index (κ2) is 9.69. The zero-order valence-electron chi connectivity index (χ0n) is 19.5. The molecule has 2 saturated heterocycles. The molecule has 0 radical (unpaired) electrons. The monoisotopic (exact) mass is 463 g/mol. The SMILES string of the molecule is c1ccc(CC2CCN(c3nc(C[NH+]4CCOCC4)nc4sc5c(c34)CCCC5)CC2)cc1. The number of rotatable bonds is 5. The number of hydrogen-bond donors (Lipinski definition) is 1. The number of aromatic nitrogens is 2. The maximum Gasteiger partial charge on any atom is 0.187 e. The summed E-state index contributed by atoms with van der Waals surface area (Å²) in [7, 11) is 0. The highest BCUT2D eigenvalue weighted by Gasteiger charge is 2.28. The summed E-state index contributed by atoms with van der Waals surface area (Å²) in [5.41, 5.74) is 3.04. The van der Waals surface area contributed by atoms with E-state index in [-0.39, 0.29) is 0 Å². The van der Waals surface area contributed by atoms with E-state index < -0.39 is 0 Å². The molecule has 1 N–H and O–H groups in total. The largest absolute Gasteiger partial charge is 0.370 e. The Hall–Kier alpha value is -2.02. The van der Waals surface area contributed by atoms with Crippen LogP contribution in [0, 0.1) is 5.92 Å². The highest BCUT2D eigenvalue weighted by Crippen LogP contribution is 2.40. The molecule has 0 spiro atoms. The van der Waals surface area contributed by atoms with Crippen LogP contribution < -0.4 is 9.80 Å². The van der Waals surface area contributed by atoms with Gasteiger partial charge >= 0.3 is 0 Å². The number of nitrogens with zero attached hydrogens (tertiary/aromatic N) is 3. The normalized spacial score (nSPS) is 20.3. The van der Waals surface area contributed by atoms with Gasteiger partial charge in [-0.1, -0.05) is 30.3 Å². The van der Waals surface area contributed by atoms with Gasteiger partial charge in [-0.3, -0.25) is 0 Å². The van der Waals surface area contributed by atoms with Crippen LogP contribution >= 0.6 is 11.3 Å². The molecule has 1 aromatic carbocycles. The van der Waals surface area contributed by atoms with Gasteiger partial charge in [-0.15, -0.1) is 11.3 Å². The molecule has 4 heterocycles. The van der Waals surface area contributed by atoms with Crippen molar-refractivity contribution in [3.8, 4) is 0 Å². The quantitative estimate of drug-likeness (QED) is 0.630. The van der Waals surface area contributed by atoms with Gasteiger partial charge in [0.25, 0.3) is 0 Å². The van der Waals surface area contributed by atoms with Crippen LogP contribution in [0.25, 0.3) is 10.2 Å². The van der Waals surface area contributed by atoms with Crippen molar-refractivity contribution in [2.75, 3.05) is 44.3 Å². The van der Waals surface area contributed by atoms with Crippen molar-refractivity contribution >= 4 is 27.4 Å². The second-order valence-corrected chi connectivity index (χ2v) is 11.1. The average Bonchev–Trinajstić information content (AvgIpc) is 3.24. The lowest BCUT2D eigenvalue weighted by atomic mass is 9.90. The first-order valence-electron chi connectivity index (χ1n) is 12.8. The molecule has 0 unspecified atom stereocenters. The number of ether oxygens (including phenoxy) is 1. The molecular formula is C27H35N4OS+. The first-order valence-corrected chi connectivity index (χ1v) is 13.7. The van der Waals surface area contributed by atoms with Crippen molar-refractivity contribution in [3.05, 3.63) is 52.2 Å². The molecule has 0 saturated carbocycles. The van der Waals surface area contributed by atoms with Gasteiger partial charge in [0.2, 0.25) is 0 Å². The molecule has 33 heavy (non-hydrogen) atoms. The van der Waals surface area contributed by atoms with Gasteiger partial charge in [0.15, 0.2) is 5.82 Å². The van der Waals surface area contributed by atoms with E-state index in [2.05, 4.69) is 35.2 Å². The molecule has 6 rings (SSSR count). The van der Waals surface area contributed by atoms with Crippen LogP contribution in [-0.2, 0) is 30.5 Å². The van der Waals surface area contributed by atoms with E-state index in [4.69, 9.17) is 14.7 Å². The molecule has 1 aliphatic carbocycles. The van der Waals surface area contributed by atoms with Crippen LogP contribution in [0.4, 0.5) is 5.82 Å². The Labute approximate surface area is 200 Å². The van der Waals surface area contributed by atoms with Crippen molar-refractivity contribution in [1.29, 1.82) is 0 Å². The van der Waals surface area contributed by atoms with Gasteiger partial charge in [-0.2, -0.15) is 0 Å². The number of fused-ring (bicyclic) bond motifs is 3. The third-order valence-corrected chi connectivity index (χ3v) is 8.92. The predicted octanol–water partition coefficient (Wildman–Crippen LogP) is 3.44. The van der Waals surface area contributed by atoms with Gasteiger partial charge in [0, 0.05) is 18.0 Å². The minimum Gasteiger partial charge on any atom is -0.370 e. The number of aryl methyl sites for hydroxylation is 2. The first kappa shape index (κ1) is 21.5. The highest BCUT2D eigenvalue weighted by atomic mass is 32.1. The van der Waals surface area contributed by atoms with E-state index in [9.17, 15) is 0 Å². The lowest BCUT2D eigenvalue weighted by Gasteiger charge is -2.34. The number of morpholine rings is 1. The molecule has 2 aliphatic heterocycles. The first-order chi connectivity index (χ1) is 16.3. The average molecular weight is 464 g/mol. The molecule has 0 amide bonds. The molecule has 6 heteroatoms. The fraction of sp³-hybridized carbons (Fsp3) is 0.556. The van der Waals surface area contributed by atoms with Crippen molar-refractivity contribution in [2.45, 2.75) is 51.5 Å². The van der Waals surface area contributed by atoms with Gasteiger partial charge in [0.1, 0.15) is 30.3 Å². The molecule has 0 atom stereocenters. The minimum atomic E-state index is 0.773. The Morgan fingerprint density at radius 1 is 1.00 bits per heavy atom. The standard InChI is InChI=1S/C27H34N4OS/c1-2-6-20(7-3-1)18-21-10-12-31(13-11-21)26-25-22-8-4-5-9-23(22)33-27(25)29-24(28-26)19-30-14-16-32-17-15-30/h1-3,6-7,21H,4-5,8-19H2/p+1. The minimum absolute atomic E-state index is 0.773. The van der Waals surface area contributed by atoms with Crippen molar-refractivity contribution in [3.63, 3.8) is 0 Å². The predicted molar refractivity (Wildman–Crippen MR) is 134 cm³/mol. The molecule has 0 bridgehead atoms. The molecule has 3 aliphatic rings. The number of nitrogens with one attached hydrogen (secondary N) is 1. The third-order valence-electron chi connectivity index (χ3n) is 7.73. The maximum atomic E-state index is 5.57. The van der Waals surface area contributed by atoms with E-state index in [1.165, 1.54) is 66.5 Å². The van der Waals surface area contributed by atoms with E-state index in [0.717, 1.165) is 57.7 Å². The Morgan fingerprint density at radius 2 is 1.79 bits per heavy atom. The summed E-state index contributed by atoms with van der Waals surface area (Å²) in [5.74, 6) is 3.04. The van der Waals surface area contributed by atoms with Crippen molar-refractivity contribution in [2.24, 2.45) is 5.92 Å². The summed E-state index contributed by atoms with van der Waals surface area (Å²) in [5, 5.41) is 1.39. The fourth-order valence-electron chi connectivity index (χ4n) is 5.85. The summed E-state index contributed by atoms with van der Waals surface area (Å²) in [6.07, 6.45) is 8.74. The van der Waals surface area contributed by atoms with Gasteiger partial charge in [0.05, 0.1) is 18.6 Å². The van der Waals surface area contributed by atoms with Crippen LogP contribution in [0.15, 0.2) is 30.3 Å². The Morgan fingerprint density at radius 3 is 2.61 bits per heavy atom. The van der Waals surface area contributed by atoms with E-state index >= 15 is 0 Å². The number of thiophene rings is 1. The molecule has 2 fully saturated rings. The summed E-state index contributed by atoms with van der Waals surface area (Å²) < 4.78 is 5.57. The Bertz CT molecular complexity index is 1080. The van der Waals surface area contributed by atoms with E-state index in [1.807, 2.05) is 11.3 Å². The zero-order valence-corrected chi connectivity index (χ0v) is 20.3. The summed E-state index contributed by atoms with van der Waals surface area (Å²) >= 11 is 1.94. The smallest absolute Gasteiger partial charge is 0.187 e. The van der Waals surface area contributed by atoms with Crippen LogP contribution in [-0.4, -0.2) is 49.4 Å². The molecule has 2 aromatic heterocycles. The Balaban J connectivity index is 1.27. The molecule has 174 valence electrons. The third kappa shape index (κ3) is 4.66. The molecular weight excluding hydrogens is 428 g/mol. The zero-order chi connectivity index (χ0) is 22.0. The summed E-state index contributed by atoms with van der Waals surface area (Å²) in [6, 6.07) is 11.0. The highest BCUT2D eigenvalue weighted by molar-refractivity contribution is 7.19. The number of benzene rings is 1. The lowest BCUT2D eigenvalue weighted by Crippen LogP contribution is -3.12. The molecule has 3 aromatic rings. The van der Waals surface area contributed by atoms with Crippen molar-refractivity contribution < 1.29 is 9.64 Å². The van der Waals surface area contributed by atoms with Crippen LogP contribution in [0.2, 0.25) is 0 Å². The van der Waals surface area contributed by atoms with E-state index in [1.54, 1.807) is 15.3 Å². The van der Waals surface area contributed by atoms with Gasteiger partial charge < -0.3 is 14.5 Å². The summed E-state index contributed by atoms with van der Waals surface area (Å²) in [4.78, 5) is 17.3. The van der Waals surface area contributed by atoms with E-state index in [0.29, 0.717) is 0 Å². The Kier molecular flexibility index (Phi) is 6.31. The molecule has 5 nitrogen and oxygen atoms in total. The van der Waals surface area contributed by atoms with Crippen LogP contribution in [0.1, 0.15) is 47.5 Å². The van der Waals surface area contributed by atoms with Gasteiger partial charge in [-0.25, -0.2) is 9.97 Å². The fourth-order valence-corrected chi connectivity index (χ4v) is 7.12.